The summed E-state index contributed by atoms with van der Waals surface area (Å²) in [4.78, 5) is 0. The van der Waals surface area contributed by atoms with E-state index in [0.29, 0.717) is 16.6 Å². The summed E-state index contributed by atoms with van der Waals surface area (Å²) in [7, 11) is 0. The van der Waals surface area contributed by atoms with Crippen molar-refractivity contribution in [3.8, 4) is 0 Å². The van der Waals surface area contributed by atoms with Crippen LogP contribution in [0.1, 0.15) is 17.5 Å². The summed E-state index contributed by atoms with van der Waals surface area (Å²) in [6.07, 6.45) is 0.895. The molecular formula is C11H11Cl2N3S. The van der Waals surface area contributed by atoms with Crippen LogP contribution in [0.25, 0.3) is 0 Å². The van der Waals surface area contributed by atoms with Crippen molar-refractivity contribution in [2.24, 2.45) is 0 Å². The minimum absolute atomic E-state index is 0.552. The van der Waals surface area contributed by atoms with Crippen molar-refractivity contribution in [3.63, 3.8) is 0 Å². The number of nitrogens with zero attached hydrogens (tertiary/aromatic N) is 2. The third-order valence-corrected chi connectivity index (χ3v) is 3.98. The number of anilines is 1. The van der Waals surface area contributed by atoms with Gasteiger partial charge in [-0.15, -0.1) is 10.2 Å². The van der Waals surface area contributed by atoms with Gasteiger partial charge in [0.25, 0.3) is 0 Å². The van der Waals surface area contributed by atoms with Crippen molar-refractivity contribution in [1.82, 2.24) is 10.2 Å². The second-order valence-corrected chi connectivity index (χ2v) is 5.28. The molecule has 0 saturated carbocycles. The molecule has 1 N–H and O–H groups in total. The third-order valence-electron chi connectivity index (χ3n) is 2.25. The van der Waals surface area contributed by atoms with Crippen LogP contribution in [0.2, 0.25) is 10.0 Å². The molecule has 0 atom stereocenters. The highest BCUT2D eigenvalue weighted by Crippen LogP contribution is 2.25. The summed E-state index contributed by atoms with van der Waals surface area (Å²) in [6.45, 7) is 2.60. The van der Waals surface area contributed by atoms with E-state index in [4.69, 9.17) is 23.2 Å². The van der Waals surface area contributed by atoms with E-state index in [-0.39, 0.29) is 0 Å². The molecule has 0 bridgehead atoms. The molecule has 1 aromatic heterocycles. The van der Waals surface area contributed by atoms with Crippen molar-refractivity contribution in [1.29, 1.82) is 0 Å². The van der Waals surface area contributed by atoms with Gasteiger partial charge in [0, 0.05) is 22.2 Å². The van der Waals surface area contributed by atoms with E-state index in [1.165, 1.54) is 0 Å². The maximum absolute atomic E-state index is 6.07. The highest BCUT2D eigenvalue weighted by atomic mass is 35.5. The Morgan fingerprint density at radius 3 is 2.53 bits per heavy atom. The molecule has 0 aliphatic carbocycles. The standard InChI is InChI=1S/C11H11Cl2N3S/c1-2-10-15-16-11(17-10)14-6-7-8(12)4-3-5-9(7)13/h3-5H,2,6H2,1H3,(H,14,16). The molecule has 0 aliphatic rings. The van der Waals surface area contributed by atoms with Crippen molar-refractivity contribution < 1.29 is 0 Å². The van der Waals surface area contributed by atoms with Crippen LogP contribution in [0.5, 0.6) is 0 Å². The summed E-state index contributed by atoms with van der Waals surface area (Å²) in [5.74, 6) is 0. The molecule has 0 fully saturated rings. The summed E-state index contributed by atoms with van der Waals surface area (Å²) < 4.78 is 0. The lowest BCUT2D eigenvalue weighted by Crippen LogP contribution is -2.00. The van der Waals surface area contributed by atoms with E-state index < -0.39 is 0 Å². The summed E-state index contributed by atoms with van der Waals surface area (Å²) in [5, 5.41) is 14.4. The molecule has 3 nitrogen and oxygen atoms in total. The fraction of sp³-hybridized carbons (Fsp3) is 0.273. The van der Waals surface area contributed by atoms with E-state index in [9.17, 15) is 0 Å². The minimum atomic E-state index is 0.552. The molecule has 0 spiro atoms. The maximum Gasteiger partial charge on any atom is 0.205 e. The van der Waals surface area contributed by atoms with Crippen LogP contribution < -0.4 is 5.32 Å². The molecule has 6 heteroatoms. The first kappa shape index (κ1) is 12.6. The van der Waals surface area contributed by atoms with Gasteiger partial charge in [0.1, 0.15) is 5.01 Å². The van der Waals surface area contributed by atoms with Crippen LogP contribution in [0.3, 0.4) is 0 Å². The van der Waals surface area contributed by atoms with Crippen molar-refractivity contribution in [2.45, 2.75) is 19.9 Å². The molecule has 0 radical (unpaired) electrons. The van der Waals surface area contributed by atoms with Gasteiger partial charge in [-0.3, -0.25) is 0 Å². The fourth-order valence-electron chi connectivity index (χ4n) is 1.33. The van der Waals surface area contributed by atoms with Crippen molar-refractivity contribution >= 4 is 39.7 Å². The number of hydrogen-bond donors (Lipinski definition) is 1. The number of rotatable bonds is 4. The fourth-order valence-corrected chi connectivity index (χ4v) is 2.54. The third kappa shape index (κ3) is 3.09. The van der Waals surface area contributed by atoms with E-state index in [2.05, 4.69) is 22.4 Å². The average molecular weight is 288 g/mol. The number of nitrogens with one attached hydrogen (secondary N) is 1. The zero-order valence-corrected chi connectivity index (χ0v) is 11.5. The van der Waals surface area contributed by atoms with Gasteiger partial charge < -0.3 is 5.32 Å². The average Bonchev–Trinajstić information content (AvgIpc) is 2.76. The van der Waals surface area contributed by atoms with E-state index in [0.717, 1.165) is 22.1 Å². The van der Waals surface area contributed by atoms with Gasteiger partial charge in [0.05, 0.1) is 0 Å². The number of hydrogen-bond acceptors (Lipinski definition) is 4. The molecule has 0 saturated heterocycles. The topological polar surface area (TPSA) is 37.8 Å². The van der Waals surface area contributed by atoms with Gasteiger partial charge in [-0.25, -0.2) is 0 Å². The summed E-state index contributed by atoms with van der Waals surface area (Å²) in [6, 6.07) is 5.47. The van der Waals surface area contributed by atoms with Gasteiger partial charge in [-0.2, -0.15) is 0 Å². The number of aromatic nitrogens is 2. The van der Waals surface area contributed by atoms with Crippen LogP contribution >= 0.6 is 34.5 Å². The molecule has 90 valence electrons. The Hall–Kier alpha value is -0.840. The smallest absolute Gasteiger partial charge is 0.205 e. The number of benzene rings is 1. The normalized spacial score (nSPS) is 10.5. The monoisotopic (exact) mass is 287 g/mol. The summed E-state index contributed by atoms with van der Waals surface area (Å²) in [5.41, 5.74) is 0.879. The first-order valence-corrected chi connectivity index (χ1v) is 6.77. The first-order valence-electron chi connectivity index (χ1n) is 5.20. The SMILES string of the molecule is CCc1nnc(NCc2c(Cl)cccc2Cl)s1. The lowest BCUT2D eigenvalue weighted by Gasteiger charge is -2.06. The van der Waals surface area contributed by atoms with Gasteiger partial charge in [-0.05, 0) is 18.6 Å². The molecule has 17 heavy (non-hydrogen) atoms. The molecular weight excluding hydrogens is 277 g/mol. The Balaban J connectivity index is 2.07. The van der Waals surface area contributed by atoms with Crippen LogP contribution in [0, 0.1) is 0 Å². The van der Waals surface area contributed by atoms with Gasteiger partial charge >= 0.3 is 0 Å². The van der Waals surface area contributed by atoms with Crippen molar-refractivity contribution in [3.05, 3.63) is 38.8 Å². The predicted octanol–water partition coefficient (Wildman–Crippen LogP) is 4.02. The van der Waals surface area contributed by atoms with Crippen LogP contribution in [-0.2, 0) is 13.0 Å². The van der Waals surface area contributed by atoms with Gasteiger partial charge in [-0.1, -0.05) is 47.5 Å². The molecule has 1 heterocycles. The highest BCUT2D eigenvalue weighted by Gasteiger charge is 2.07. The maximum atomic E-state index is 6.07. The predicted molar refractivity (Wildman–Crippen MR) is 73.1 cm³/mol. The van der Waals surface area contributed by atoms with Gasteiger partial charge in [0.15, 0.2) is 0 Å². The number of halogens is 2. The van der Waals surface area contributed by atoms with Gasteiger partial charge in [0.2, 0.25) is 5.13 Å². The largest absolute Gasteiger partial charge is 0.356 e. The zero-order valence-electron chi connectivity index (χ0n) is 9.20. The lowest BCUT2D eigenvalue weighted by molar-refractivity contribution is 0.975. The molecule has 0 unspecified atom stereocenters. The van der Waals surface area contributed by atoms with Crippen LogP contribution in [-0.4, -0.2) is 10.2 Å². The number of aryl methyl sites for hydroxylation is 1. The molecule has 2 rings (SSSR count). The Bertz CT molecular complexity index is 493. The zero-order chi connectivity index (χ0) is 12.3. The van der Waals surface area contributed by atoms with Crippen molar-refractivity contribution in [2.75, 3.05) is 5.32 Å². The molecule has 0 aliphatic heterocycles. The molecule has 0 amide bonds. The second kappa shape index (κ2) is 5.67. The van der Waals surface area contributed by atoms with E-state index >= 15 is 0 Å². The Labute approximate surface area is 114 Å². The Morgan fingerprint density at radius 2 is 1.94 bits per heavy atom. The highest BCUT2D eigenvalue weighted by molar-refractivity contribution is 7.15. The molecule has 2 aromatic rings. The minimum Gasteiger partial charge on any atom is -0.356 e. The van der Waals surface area contributed by atoms with E-state index in [1.54, 1.807) is 11.3 Å². The Kier molecular flexibility index (Phi) is 4.20. The lowest BCUT2D eigenvalue weighted by atomic mass is 10.2. The second-order valence-electron chi connectivity index (χ2n) is 3.41. The van der Waals surface area contributed by atoms with Crippen LogP contribution in [0.4, 0.5) is 5.13 Å². The first-order chi connectivity index (χ1) is 8.20. The van der Waals surface area contributed by atoms with Crippen LogP contribution in [0.15, 0.2) is 18.2 Å². The Morgan fingerprint density at radius 1 is 1.24 bits per heavy atom. The quantitative estimate of drug-likeness (QED) is 0.923. The molecule has 1 aromatic carbocycles. The van der Waals surface area contributed by atoms with E-state index in [1.807, 2.05) is 18.2 Å². The summed E-state index contributed by atoms with van der Waals surface area (Å²) >= 11 is 13.7.